The molecule has 0 spiro atoms. The number of nitrogens with zero attached hydrogens (tertiary/aromatic N) is 2. The molecule has 0 unspecified atom stereocenters. The molecule has 6 nitrogen and oxygen atoms in total. The van der Waals surface area contributed by atoms with E-state index in [4.69, 9.17) is 34.8 Å². The van der Waals surface area contributed by atoms with Gasteiger partial charge in [-0.25, -0.2) is 22.5 Å². The molecule has 0 aliphatic heterocycles. The number of carbonyl (C=O) groups excluding carboxylic acids is 1. The van der Waals surface area contributed by atoms with Gasteiger partial charge < -0.3 is 4.74 Å². The highest BCUT2D eigenvalue weighted by Gasteiger charge is 2.36. The zero-order valence-electron chi connectivity index (χ0n) is 17.1. The number of aromatic nitrogens is 1. The molecule has 34 heavy (non-hydrogen) atoms. The highest BCUT2D eigenvalue weighted by Crippen LogP contribution is 2.37. The molecule has 0 amide bonds. The topological polar surface area (TPSA) is 76.6 Å². The summed E-state index contributed by atoms with van der Waals surface area (Å²) in [6.07, 6.45) is -3.70. The van der Waals surface area contributed by atoms with Crippen molar-refractivity contribution < 1.29 is 31.1 Å². The fourth-order valence-corrected chi connectivity index (χ4v) is 5.10. The molecule has 2 aromatic carbocycles. The lowest BCUT2D eigenvalue weighted by atomic mass is 10.1. The number of halogens is 6. The summed E-state index contributed by atoms with van der Waals surface area (Å²) in [6, 6.07) is 8.83. The average Bonchev–Trinajstić information content (AvgIpc) is 2.77. The van der Waals surface area contributed by atoms with E-state index in [-0.39, 0.29) is 36.9 Å². The van der Waals surface area contributed by atoms with Gasteiger partial charge in [0.1, 0.15) is 0 Å². The minimum absolute atomic E-state index is 0.0766. The van der Waals surface area contributed by atoms with Crippen molar-refractivity contribution >= 4 is 56.6 Å². The Morgan fingerprint density at radius 3 is 2.24 bits per heavy atom. The van der Waals surface area contributed by atoms with Crippen molar-refractivity contribution in [3.05, 3.63) is 86.5 Å². The molecule has 0 aliphatic rings. The number of sulfonamides is 1. The second-order valence-corrected chi connectivity index (χ2v) is 9.93. The number of rotatable bonds is 6. The van der Waals surface area contributed by atoms with Crippen LogP contribution in [0, 0.1) is 0 Å². The quantitative estimate of drug-likeness (QED) is 0.338. The van der Waals surface area contributed by atoms with Gasteiger partial charge in [-0.05, 0) is 48.0 Å². The Kier molecular flexibility index (Phi) is 7.66. The molecular weight excluding hydrogens is 540 g/mol. The molecule has 0 radical (unpaired) electrons. The lowest BCUT2D eigenvalue weighted by Gasteiger charge is -2.26. The van der Waals surface area contributed by atoms with Crippen molar-refractivity contribution in [2.24, 2.45) is 0 Å². The summed E-state index contributed by atoms with van der Waals surface area (Å²) in [7, 11) is -3.36. The number of hydrogen-bond donors (Lipinski definition) is 0. The van der Waals surface area contributed by atoms with Crippen LogP contribution in [0.1, 0.15) is 21.5 Å². The molecule has 3 rings (SSSR count). The van der Waals surface area contributed by atoms with Crippen molar-refractivity contribution in [3.8, 4) is 0 Å². The van der Waals surface area contributed by atoms with Gasteiger partial charge >= 0.3 is 12.1 Å². The van der Waals surface area contributed by atoms with Gasteiger partial charge in [-0.1, -0.05) is 40.9 Å². The molecule has 0 saturated carbocycles. The Morgan fingerprint density at radius 2 is 1.68 bits per heavy atom. The number of esters is 1. The van der Waals surface area contributed by atoms with Crippen LogP contribution in [0.15, 0.2) is 59.6 Å². The minimum Gasteiger partial charge on any atom is -0.465 e. The monoisotopic (exact) mass is 552 g/mol. The molecule has 0 aliphatic carbocycles. The molecule has 3 aromatic rings. The highest BCUT2D eigenvalue weighted by atomic mass is 35.5. The van der Waals surface area contributed by atoms with Gasteiger partial charge in [-0.3, -0.25) is 0 Å². The standard InChI is InChI=1S/C21H14Cl3F3N2O4S/c1-33-20(30)12-3-6-16(7-4-12)34(31,32)29(19-18(24)9-15(23)10-28-19)11-13-2-5-14(22)8-17(13)21(25,26)27/h2-10H,11H2,1H3. The van der Waals surface area contributed by atoms with Crippen LogP contribution >= 0.6 is 34.8 Å². The Bertz CT molecular complexity index is 1330. The van der Waals surface area contributed by atoms with E-state index in [2.05, 4.69) is 9.72 Å². The summed E-state index contributed by atoms with van der Waals surface area (Å²) in [5, 5.41) is -0.285. The van der Waals surface area contributed by atoms with Crippen molar-refractivity contribution in [2.75, 3.05) is 11.4 Å². The smallest absolute Gasteiger partial charge is 0.416 e. The van der Waals surface area contributed by atoms with Crippen LogP contribution in [-0.2, 0) is 27.5 Å². The zero-order valence-corrected chi connectivity index (χ0v) is 20.2. The molecule has 0 saturated heterocycles. The van der Waals surface area contributed by atoms with Gasteiger partial charge in [-0.15, -0.1) is 0 Å². The molecule has 1 aromatic heterocycles. The predicted molar refractivity (Wildman–Crippen MR) is 122 cm³/mol. The summed E-state index contributed by atoms with van der Waals surface area (Å²) < 4.78 is 73.2. The number of anilines is 1. The minimum atomic E-state index is -4.81. The van der Waals surface area contributed by atoms with Crippen molar-refractivity contribution in [2.45, 2.75) is 17.6 Å². The van der Waals surface area contributed by atoms with E-state index in [1.807, 2.05) is 0 Å². The van der Waals surface area contributed by atoms with Crippen LogP contribution in [0.2, 0.25) is 15.1 Å². The van der Waals surface area contributed by atoms with Gasteiger partial charge in [0.15, 0.2) is 5.82 Å². The van der Waals surface area contributed by atoms with Gasteiger partial charge in [-0.2, -0.15) is 13.2 Å². The maximum absolute atomic E-state index is 13.7. The third-order valence-corrected chi connectivity index (χ3v) is 7.05. The maximum atomic E-state index is 13.7. The Labute approximate surface area is 207 Å². The van der Waals surface area contributed by atoms with E-state index >= 15 is 0 Å². The highest BCUT2D eigenvalue weighted by molar-refractivity contribution is 7.92. The fraction of sp³-hybridized carbons (Fsp3) is 0.143. The number of methoxy groups -OCH3 is 1. The second kappa shape index (κ2) is 9.99. The van der Waals surface area contributed by atoms with E-state index in [9.17, 15) is 26.4 Å². The van der Waals surface area contributed by atoms with Crippen molar-refractivity contribution in [1.29, 1.82) is 0 Å². The maximum Gasteiger partial charge on any atom is 0.416 e. The predicted octanol–water partition coefficient (Wildman–Crippen LogP) is 6.24. The Morgan fingerprint density at radius 1 is 1.03 bits per heavy atom. The third kappa shape index (κ3) is 5.57. The number of ether oxygens (including phenoxy) is 1. The van der Waals surface area contributed by atoms with E-state index in [0.29, 0.717) is 10.4 Å². The van der Waals surface area contributed by atoms with E-state index in [1.54, 1.807) is 0 Å². The first-order valence-electron chi connectivity index (χ1n) is 9.22. The van der Waals surface area contributed by atoms with Crippen molar-refractivity contribution in [3.63, 3.8) is 0 Å². The van der Waals surface area contributed by atoms with Crippen molar-refractivity contribution in [1.82, 2.24) is 4.98 Å². The Hall–Kier alpha value is -2.53. The third-order valence-electron chi connectivity index (χ3n) is 4.58. The number of carbonyl (C=O) groups is 1. The molecule has 0 bridgehead atoms. The SMILES string of the molecule is COC(=O)c1ccc(S(=O)(=O)N(Cc2ccc(Cl)cc2C(F)(F)F)c2ncc(Cl)cc2Cl)cc1. The molecule has 180 valence electrons. The number of alkyl halides is 3. The van der Waals surface area contributed by atoms with E-state index in [1.165, 1.54) is 24.3 Å². The zero-order chi connectivity index (χ0) is 25.3. The second-order valence-electron chi connectivity index (χ2n) is 6.79. The van der Waals surface area contributed by atoms with Gasteiger partial charge in [0, 0.05) is 11.2 Å². The lowest BCUT2D eigenvalue weighted by Crippen LogP contribution is -2.32. The lowest BCUT2D eigenvalue weighted by molar-refractivity contribution is -0.138. The molecular formula is C21H14Cl3F3N2O4S. The van der Waals surface area contributed by atoms with Crippen LogP contribution in [0.4, 0.5) is 19.0 Å². The van der Waals surface area contributed by atoms with Gasteiger partial charge in [0.25, 0.3) is 10.0 Å². The first-order valence-corrected chi connectivity index (χ1v) is 11.8. The first-order chi connectivity index (χ1) is 15.8. The molecule has 0 N–H and O–H groups in total. The number of hydrogen-bond acceptors (Lipinski definition) is 5. The summed E-state index contributed by atoms with van der Waals surface area (Å²) >= 11 is 17.8. The molecule has 0 fully saturated rings. The van der Waals surface area contributed by atoms with E-state index in [0.717, 1.165) is 31.5 Å². The molecule has 1 heterocycles. The van der Waals surface area contributed by atoms with Gasteiger partial charge in [0.2, 0.25) is 0 Å². The fourth-order valence-electron chi connectivity index (χ4n) is 2.98. The molecule has 0 atom stereocenters. The van der Waals surface area contributed by atoms with Crippen LogP contribution in [-0.4, -0.2) is 26.5 Å². The first kappa shape index (κ1) is 26.1. The van der Waals surface area contributed by atoms with Crippen LogP contribution in [0.5, 0.6) is 0 Å². The summed E-state index contributed by atoms with van der Waals surface area (Å²) in [4.78, 5) is 15.3. The number of benzene rings is 2. The normalized spacial score (nSPS) is 11.9. The molecule has 13 heteroatoms. The van der Waals surface area contributed by atoms with Crippen LogP contribution in [0.25, 0.3) is 0 Å². The summed E-state index contributed by atoms with van der Waals surface area (Å²) in [6.45, 7) is -0.776. The van der Waals surface area contributed by atoms with Gasteiger partial charge in [0.05, 0.1) is 39.7 Å². The van der Waals surface area contributed by atoms with Crippen LogP contribution < -0.4 is 4.31 Å². The number of pyridine rings is 1. The Balaban J connectivity index is 2.17. The largest absolute Gasteiger partial charge is 0.465 e. The van der Waals surface area contributed by atoms with Crippen LogP contribution in [0.3, 0.4) is 0 Å². The van der Waals surface area contributed by atoms with E-state index < -0.39 is 34.3 Å². The average molecular weight is 554 g/mol. The summed E-state index contributed by atoms with van der Waals surface area (Å²) in [5.41, 5.74) is -1.43. The summed E-state index contributed by atoms with van der Waals surface area (Å²) in [5.74, 6) is -1.04.